The number of hydrogen-bond donors (Lipinski definition) is 2. The molecule has 0 unspecified atom stereocenters. The molecule has 3 rings (SSSR count). The van der Waals surface area contributed by atoms with Crippen LogP contribution in [0.15, 0.2) is 4.99 Å². The smallest absolute Gasteiger partial charge is 0.191 e. The van der Waals surface area contributed by atoms with E-state index in [4.69, 9.17) is 0 Å². The zero-order valence-electron chi connectivity index (χ0n) is 14.7. The highest BCUT2D eigenvalue weighted by Gasteiger charge is 2.26. The van der Waals surface area contributed by atoms with Crippen molar-refractivity contribution in [3.63, 3.8) is 0 Å². The van der Waals surface area contributed by atoms with Crippen LogP contribution < -0.4 is 10.6 Å². The monoisotopic (exact) mass is 434 g/mol. The Balaban J connectivity index is 0.00000192. The molecule has 0 aromatic rings. The molecule has 0 radical (unpaired) electrons. The van der Waals surface area contributed by atoms with Crippen molar-refractivity contribution in [2.45, 2.75) is 76.3 Å². The fourth-order valence-electron chi connectivity index (χ4n) is 4.04. The molecule has 2 N–H and O–H groups in total. The van der Waals surface area contributed by atoms with Crippen LogP contribution >= 0.6 is 24.0 Å². The summed E-state index contributed by atoms with van der Waals surface area (Å²) in [6.07, 6.45) is 13.9. The number of hydrogen-bond acceptors (Lipinski definition) is 2. The van der Waals surface area contributed by atoms with Gasteiger partial charge in [0.1, 0.15) is 0 Å². The van der Waals surface area contributed by atoms with Gasteiger partial charge in [0.2, 0.25) is 0 Å². The van der Waals surface area contributed by atoms with Gasteiger partial charge < -0.3 is 15.5 Å². The third kappa shape index (κ3) is 6.40. The van der Waals surface area contributed by atoms with Crippen molar-refractivity contribution in [3.05, 3.63) is 0 Å². The molecule has 0 aromatic carbocycles. The van der Waals surface area contributed by atoms with E-state index in [0.29, 0.717) is 6.04 Å². The highest BCUT2D eigenvalue weighted by atomic mass is 127. The topological polar surface area (TPSA) is 39.7 Å². The summed E-state index contributed by atoms with van der Waals surface area (Å²) >= 11 is 0. The summed E-state index contributed by atoms with van der Waals surface area (Å²) in [5.41, 5.74) is 0. The molecule has 0 aromatic heterocycles. The number of piperidine rings is 1. The molecular formula is C18H35IN4. The number of guanidine groups is 1. The van der Waals surface area contributed by atoms with Gasteiger partial charge in [-0.05, 0) is 38.0 Å². The Morgan fingerprint density at radius 2 is 1.70 bits per heavy atom. The first-order chi connectivity index (χ1) is 10.8. The molecule has 1 saturated heterocycles. The van der Waals surface area contributed by atoms with Crippen molar-refractivity contribution < 1.29 is 0 Å². The lowest BCUT2D eigenvalue weighted by Crippen LogP contribution is -2.51. The van der Waals surface area contributed by atoms with Crippen molar-refractivity contribution in [2.75, 3.05) is 26.7 Å². The molecule has 0 bridgehead atoms. The van der Waals surface area contributed by atoms with Gasteiger partial charge in [0.25, 0.3) is 0 Å². The van der Waals surface area contributed by atoms with E-state index in [1.807, 2.05) is 7.05 Å². The van der Waals surface area contributed by atoms with Gasteiger partial charge in [-0.1, -0.05) is 32.1 Å². The van der Waals surface area contributed by atoms with Gasteiger partial charge in [0.15, 0.2) is 5.96 Å². The van der Waals surface area contributed by atoms with E-state index >= 15 is 0 Å². The van der Waals surface area contributed by atoms with Crippen LogP contribution in [0.5, 0.6) is 0 Å². The molecule has 5 heteroatoms. The highest BCUT2D eigenvalue weighted by molar-refractivity contribution is 14.0. The van der Waals surface area contributed by atoms with Gasteiger partial charge in [-0.2, -0.15) is 0 Å². The van der Waals surface area contributed by atoms with Crippen LogP contribution in [0.25, 0.3) is 0 Å². The van der Waals surface area contributed by atoms with E-state index in [0.717, 1.165) is 24.5 Å². The number of rotatable bonds is 5. The number of nitrogens with zero attached hydrogens (tertiary/aromatic N) is 2. The highest BCUT2D eigenvalue weighted by Crippen LogP contribution is 2.31. The number of nitrogens with one attached hydrogen (secondary N) is 2. The van der Waals surface area contributed by atoms with E-state index in [1.165, 1.54) is 77.3 Å². The third-order valence-corrected chi connectivity index (χ3v) is 5.73. The lowest BCUT2D eigenvalue weighted by Gasteiger charge is -2.39. The Labute approximate surface area is 159 Å². The molecule has 134 valence electrons. The lowest BCUT2D eigenvalue weighted by molar-refractivity contribution is 0.119. The van der Waals surface area contributed by atoms with Gasteiger partial charge in [-0.25, -0.2) is 0 Å². The van der Waals surface area contributed by atoms with Crippen LogP contribution in [0.2, 0.25) is 0 Å². The van der Waals surface area contributed by atoms with Crippen LogP contribution in [0, 0.1) is 5.92 Å². The van der Waals surface area contributed by atoms with Crippen molar-refractivity contribution in [3.8, 4) is 0 Å². The Kier molecular flexibility index (Phi) is 8.44. The second-order valence-electron chi connectivity index (χ2n) is 7.48. The van der Waals surface area contributed by atoms with E-state index in [9.17, 15) is 0 Å². The fraction of sp³-hybridized carbons (Fsp3) is 0.944. The molecule has 3 fully saturated rings. The molecule has 0 atom stereocenters. The lowest BCUT2D eigenvalue weighted by atomic mass is 9.92. The van der Waals surface area contributed by atoms with Gasteiger partial charge >= 0.3 is 0 Å². The van der Waals surface area contributed by atoms with Crippen LogP contribution in [-0.4, -0.2) is 49.6 Å². The van der Waals surface area contributed by atoms with E-state index < -0.39 is 0 Å². The predicted molar refractivity (Wildman–Crippen MR) is 109 cm³/mol. The van der Waals surface area contributed by atoms with E-state index in [-0.39, 0.29) is 24.0 Å². The van der Waals surface area contributed by atoms with Crippen molar-refractivity contribution in [1.82, 2.24) is 15.5 Å². The molecule has 4 nitrogen and oxygen atoms in total. The standard InChI is InChI=1S/C18H34N4.HI/c1-19-18(20-12-9-15-7-8-15)21-16-10-13-22(14-11-16)17-5-3-2-4-6-17;/h15-17H,2-14H2,1H3,(H2,19,20,21);1H. The van der Waals surface area contributed by atoms with Gasteiger partial charge in [0, 0.05) is 38.8 Å². The van der Waals surface area contributed by atoms with Gasteiger partial charge in [-0.3, -0.25) is 4.99 Å². The van der Waals surface area contributed by atoms with E-state index in [1.54, 1.807) is 0 Å². The molecule has 2 saturated carbocycles. The average molecular weight is 434 g/mol. The SMILES string of the molecule is CN=C(NCCC1CC1)NC1CCN(C2CCCCC2)CC1.I. The summed E-state index contributed by atoms with van der Waals surface area (Å²) in [6, 6.07) is 1.48. The Morgan fingerprint density at radius 1 is 1.00 bits per heavy atom. The zero-order chi connectivity index (χ0) is 15.2. The van der Waals surface area contributed by atoms with Crippen LogP contribution in [0.4, 0.5) is 0 Å². The minimum atomic E-state index is 0. The quantitative estimate of drug-likeness (QED) is 0.396. The normalized spacial score (nSPS) is 25.0. The Hall–Kier alpha value is -0.0400. The van der Waals surface area contributed by atoms with E-state index in [2.05, 4.69) is 20.5 Å². The average Bonchev–Trinajstić information content (AvgIpc) is 3.40. The van der Waals surface area contributed by atoms with Crippen LogP contribution in [0.3, 0.4) is 0 Å². The molecule has 0 spiro atoms. The predicted octanol–water partition coefficient (Wildman–Crippen LogP) is 3.37. The summed E-state index contributed by atoms with van der Waals surface area (Å²) in [6.45, 7) is 3.61. The Bertz CT molecular complexity index is 356. The third-order valence-electron chi connectivity index (χ3n) is 5.73. The Morgan fingerprint density at radius 3 is 2.30 bits per heavy atom. The van der Waals surface area contributed by atoms with Gasteiger partial charge in [-0.15, -0.1) is 24.0 Å². The number of halogens is 1. The number of aliphatic imine (C=N–C) groups is 1. The first kappa shape index (κ1) is 19.3. The first-order valence-electron chi connectivity index (χ1n) is 9.56. The molecular weight excluding hydrogens is 399 g/mol. The molecule has 3 aliphatic rings. The fourth-order valence-corrected chi connectivity index (χ4v) is 4.04. The summed E-state index contributed by atoms with van der Waals surface area (Å²) in [5, 5.41) is 7.12. The van der Waals surface area contributed by atoms with Gasteiger partial charge in [0.05, 0.1) is 0 Å². The second kappa shape index (κ2) is 10.1. The minimum Gasteiger partial charge on any atom is -0.356 e. The minimum absolute atomic E-state index is 0. The van der Waals surface area contributed by atoms with Crippen LogP contribution in [-0.2, 0) is 0 Å². The van der Waals surface area contributed by atoms with Crippen molar-refractivity contribution in [1.29, 1.82) is 0 Å². The maximum absolute atomic E-state index is 4.39. The molecule has 1 heterocycles. The van der Waals surface area contributed by atoms with Crippen molar-refractivity contribution >= 4 is 29.9 Å². The zero-order valence-corrected chi connectivity index (χ0v) is 17.1. The molecule has 23 heavy (non-hydrogen) atoms. The summed E-state index contributed by atoms with van der Waals surface area (Å²) in [5.74, 6) is 2.00. The van der Waals surface area contributed by atoms with Crippen LogP contribution in [0.1, 0.15) is 64.2 Å². The molecule has 0 amide bonds. The van der Waals surface area contributed by atoms with Crippen molar-refractivity contribution in [2.24, 2.45) is 10.9 Å². The maximum Gasteiger partial charge on any atom is 0.191 e. The summed E-state index contributed by atoms with van der Waals surface area (Å²) < 4.78 is 0. The second-order valence-corrected chi connectivity index (χ2v) is 7.48. The molecule has 2 aliphatic carbocycles. The molecule has 1 aliphatic heterocycles. The first-order valence-corrected chi connectivity index (χ1v) is 9.56. The maximum atomic E-state index is 4.39. The largest absolute Gasteiger partial charge is 0.356 e. The summed E-state index contributed by atoms with van der Waals surface area (Å²) in [4.78, 5) is 7.14. The summed E-state index contributed by atoms with van der Waals surface area (Å²) in [7, 11) is 1.89. The number of likely N-dealkylation sites (tertiary alicyclic amines) is 1.